The van der Waals surface area contributed by atoms with E-state index in [1.54, 1.807) is 6.08 Å². The fourth-order valence-corrected chi connectivity index (χ4v) is 5.59. The topological polar surface area (TPSA) is 169 Å². The molecule has 4 atom stereocenters. The maximum absolute atomic E-state index is 12.6. The molecule has 0 rings (SSSR count). The van der Waals surface area contributed by atoms with E-state index in [0.717, 1.165) is 70.6 Å². The van der Waals surface area contributed by atoms with Crippen molar-refractivity contribution in [2.24, 2.45) is 0 Å². The Bertz CT molecular complexity index is 1150. The van der Waals surface area contributed by atoms with Crippen molar-refractivity contribution < 1.29 is 52.9 Å². The van der Waals surface area contributed by atoms with Crippen molar-refractivity contribution in [2.45, 2.75) is 154 Å². The number of phosphoric ester groups is 1. The van der Waals surface area contributed by atoms with Crippen LogP contribution in [0.25, 0.3) is 0 Å². The van der Waals surface area contributed by atoms with Crippen LogP contribution in [0.1, 0.15) is 136 Å². The Morgan fingerprint density at radius 2 is 1.22 bits per heavy atom. The zero-order chi connectivity index (χ0) is 40.0. The third-order valence-corrected chi connectivity index (χ3v) is 8.88. The van der Waals surface area contributed by atoms with Crippen LogP contribution in [0.5, 0.6) is 0 Å². The van der Waals surface area contributed by atoms with Crippen LogP contribution in [0.4, 0.5) is 0 Å². The van der Waals surface area contributed by atoms with Crippen LogP contribution in [-0.2, 0) is 32.7 Å². The monoisotopic (exact) mass is 782 g/mol. The second-order valence-corrected chi connectivity index (χ2v) is 14.6. The van der Waals surface area contributed by atoms with Gasteiger partial charge in [0.1, 0.15) is 12.7 Å². The van der Waals surface area contributed by atoms with Gasteiger partial charge in [-0.25, -0.2) is 4.57 Å². The molecule has 12 heteroatoms. The number of ether oxygens (including phenoxy) is 2. The third kappa shape index (κ3) is 36.4. The van der Waals surface area contributed by atoms with Crippen LogP contribution in [0.2, 0.25) is 0 Å². The van der Waals surface area contributed by atoms with Gasteiger partial charge in [0.2, 0.25) is 0 Å². The molecule has 0 spiro atoms. The van der Waals surface area contributed by atoms with E-state index in [2.05, 4.69) is 60.9 Å². The lowest BCUT2D eigenvalue weighted by molar-refractivity contribution is -0.161. The van der Waals surface area contributed by atoms with Crippen LogP contribution in [0, 0.1) is 0 Å². The fraction of sp³-hybridized carbons (Fsp3) is 0.667. The number of phosphoric acid groups is 1. The molecule has 4 N–H and O–H groups in total. The van der Waals surface area contributed by atoms with Crippen molar-refractivity contribution in [2.75, 3.05) is 26.4 Å². The van der Waals surface area contributed by atoms with E-state index in [1.165, 1.54) is 19.3 Å². The van der Waals surface area contributed by atoms with Gasteiger partial charge < -0.3 is 29.7 Å². The van der Waals surface area contributed by atoms with Crippen LogP contribution < -0.4 is 0 Å². The van der Waals surface area contributed by atoms with Crippen LogP contribution in [0.3, 0.4) is 0 Å². The van der Waals surface area contributed by atoms with Crippen molar-refractivity contribution in [1.82, 2.24) is 0 Å². The molecule has 0 saturated carbocycles. The summed E-state index contributed by atoms with van der Waals surface area (Å²) in [4.78, 5) is 34.9. The number of esters is 2. The summed E-state index contributed by atoms with van der Waals surface area (Å²) in [5.74, 6) is -1.03. The van der Waals surface area contributed by atoms with Gasteiger partial charge in [-0.15, -0.1) is 0 Å². The highest BCUT2D eigenvalue weighted by Crippen LogP contribution is 2.43. The number of hydrogen-bond acceptors (Lipinski definition) is 10. The van der Waals surface area contributed by atoms with Crippen molar-refractivity contribution in [3.8, 4) is 0 Å². The van der Waals surface area contributed by atoms with Crippen LogP contribution >= 0.6 is 7.82 Å². The first-order valence-electron chi connectivity index (χ1n) is 20.0. The van der Waals surface area contributed by atoms with Gasteiger partial charge in [0, 0.05) is 12.8 Å². The standard InChI is InChI=1S/C42H71O11P/c1-3-5-7-8-9-10-11-12-13-14-15-18-21-24-28-32-41(46)50-36-40(37-52-54(48,49)51-35-39(45)34-43)53-42(47)33-29-25-22-19-16-17-20-23-27-31-38(44)30-26-6-4-2/h6,9-10,12-13,15,18,20,23,26-27,31,38-40,43-45H,3-5,7-8,11,14,16-17,19,21-22,24-25,28-30,32-37H2,1-2H3,(H,48,49)/b10-9-,13-12-,18-15-,23-20+,26-6+,31-27+/t38?,39-,40+/m0/s1. The zero-order valence-corrected chi connectivity index (χ0v) is 33.9. The van der Waals surface area contributed by atoms with Gasteiger partial charge in [-0.2, -0.15) is 0 Å². The first kappa shape index (κ1) is 51.4. The van der Waals surface area contributed by atoms with Gasteiger partial charge in [-0.05, 0) is 77.0 Å². The number of carbonyl (C=O) groups is 2. The van der Waals surface area contributed by atoms with Crippen LogP contribution in [-0.4, -0.2) is 76.9 Å². The summed E-state index contributed by atoms with van der Waals surface area (Å²) in [7, 11) is -4.65. The molecule has 11 nitrogen and oxygen atoms in total. The van der Waals surface area contributed by atoms with Crippen molar-refractivity contribution >= 4 is 19.8 Å². The zero-order valence-electron chi connectivity index (χ0n) is 33.0. The largest absolute Gasteiger partial charge is 0.472 e. The van der Waals surface area contributed by atoms with Gasteiger partial charge in [-0.3, -0.25) is 18.6 Å². The highest BCUT2D eigenvalue weighted by molar-refractivity contribution is 7.47. The minimum Gasteiger partial charge on any atom is -0.462 e. The average molecular weight is 783 g/mol. The molecular weight excluding hydrogens is 711 g/mol. The molecule has 0 aromatic heterocycles. The van der Waals surface area contributed by atoms with Crippen LogP contribution in [0.15, 0.2) is 72.9 Å². The lowest BCUT2D eigenvalue weighted by Crippen LogP contribution is -2.29. The number of aliphatic hydroxyl groups is 3. The van der Waals surface area contributed by atoms with Crippen molar-refractivity contribution in [3.63, 3.8) is 0 Å². The molecule has 0 amide bonds. The number of rotatable bonds is 36. The van der Waals surface area contributed by atoms with Gasteiger partial charge in [0.25, 0.3) is 0 Å². The minimum absolute atomic E-state index is 0.125. The fourth-order valence-electron chi connectivity index (χ4n) is 4.80. The molecule has 54 heavy (non-hydrogen) atoms. The van der Waals surface area contributed by atoms with E-state index in [-0.39, 0.29) is 19.4 Å². The average Bonchev–Trinajstić information content (AvgIpc) is 3.15. The highest BCUT2D eigenvalue weighted by atomic mass is 31.2. The molecule has 0 bridgehead atoms. The summed E-state index contributed by atoms with van der Waals surface area (Å²) >= 11 is 0. The molecule has 0 heterocycles. The Morgan fingerprint density at radius 1 is 0.648 bits per heavy atom. The minimum atomic E-state index is -4.65. The second kappa shape index (κ2) is 37.3. The number of hydrogen-bond donors (Lipinski definition) is 4. The Labute approximate surface area is 325 Å². The summed E-state index contributed by atoms with van der Waals surface area (Å²) in [5.41, 5.74) is 0. The van der Waals surface area contributed by atoms with Gasteiger partial charge in [0.05, 0.1) is 25.9 Å². The smallest absolute Gasteiger partial charge is 0.462 e. The molecule has 0 saturated heterocycles. The molecular formula is C42H71O11P. The third-order valence-electron chi connectivity index (χ3n) is 7.93. The first-order valence-corrected chi connectivity index (χ1v) is 21.5. The first-order chi connectivity index (χ1) is 26.1. The lowest BCUT2D eigenvalue weighted by atomic mass is 10.1. The van der Waals surface area contributed by atoms with E-state index in [9.17, 15) is 29.3 Å². The summed E-state index contributed by atoms with van der Waals surface area (Å²) in [6, 6.07) is 0. The second-order valence-electron chi connectivity index (χ2n) is 13.1. The summed E-state index contributed by atoms with van der Waals surface area (Å²) in [6.45, 7) is 2.02. The molecule has 2 unspecified atom stereocenters. The normalized spacial score (nSPS) is 15.3. The summed E-state index contributed by atoms with van der Waals surface area (Å²) in [5, 5.41) is 28.2. The van der Waals surface area contributed by atoms with E-state index >= 15 is 0 Å². The van der Waals surface area contributed by atoms with E-state index in [4.69, 9.17) is 19.1 Å². The molecule has 0 aromatic carbocycles. The number of aliphatic hydroxyl groups excluding tert-OH is 3. The lowest BCUT2D eigenvalue weighted by Gasteiger charge is -2.20. The predicted octanol–water partition coefficient (Wildman–Crippen LogP) is 9.08. The predicted molar refractivity (Wildman–Crippen MR) is 216 cm³/mol. The van der Waals surface area contributed by atoms with E-state index in [1.807, 2.05) is 24.3 Å². The molecule has 0 aliphatic heterocycles. The van der Waals surface area contributed by atoms with Gasteiger partial charge >= 0.3 is 19.8 Å². The molecule has 0 radical (unpaired) electrons. The van der Waals surface area contributed by atoms with E-state index in [0.29, 0.717) is 19.3 Å². The SMILES string of the molecule is CC/C=C/CC(O)/C=C/C=C/CCCCCCCC(=O)O[C@H](COC(=O)CCCC/C=C\C/C=C\C/C=C\CCCCC)COP(=O)(O)OC[C@@H](O)CO. The molecule has 310 valence electrons. The molecule has 0 aliphatic carbocycles. The van der Waals surface area contributed by atoms with Crippen molar-refractivity contribution in [3.05, 3.63) is 72.9 Å². The number of allylic oxidation sites excluding steroid dienone is 10. The molecule has 0 fully saturated rings. The number of carbonyl (C=O) groups excluding carboxylic acids is 2. The number of unbranched alkanes of at least 4 members (excludes halogenated alkanes) is 10. The Balaban J connectivity index is 4.50. The Hall–Kier alpha value is -2.63. The summed E-state index contributed by atoms with van der Waals surface area (Å²) in [6.07, 6.45) is 37.7. The van der Waals surface area contributed by atoms with E-state index < -0.39 is 57.9 Å². The maximum atomic E-state index is 12.6. The summed E-state index contributed by atoms with van der Waals surface area (Å²) < 4.78 is 32.5. The van der Waals surface area contributed by atoms with Gasteiger partial charge in [0.15, 0.2) is 6.10 Å². The highest BCUT2D eigenvalue weighted by Gasteiger charge is 2.27. The van der Waals surface area contributed by atoms with Gasteiger partial charge in [-0.1, -0.05) is 119 Å². The Kier molecular flexibility index (Phi) is 35.5. The quantitative estimate of drug-likeness (QED) is 0.0157. The Morgan fingerprint density at radius 3 is 1.91 bits per heavy atom. The molecule has 0 aromatic rings. The molecule has 0 aliphatic rings. The maximum Gasteiger partial charge on any atom is 0.472 e. The van der Waals surface area contributed by atoms with Crippen molar-refractivity contribution in [1.29, 1.82) is 0 Å².